The maximum atomic E-state index is 16.0. The number of rotatable bonds is 12. The van der Waals surface area contributed by atoms with Crippen molar-refractivity contribution in [2.45, 2.75) is 57.9 Å². The molecule has 224 valence electrons. The van der Waals surface area contributed by atoms with E-state index >= 15 is 52.7 Å². The first-order valence-electron chi connectivity index (χ1n) is 10.7. The van der Waals surface area contributed by atoms with Gasteiger partial charge in [0, 0.05) is 13.1 Å². The average molecular weight is 590 g/mol. The van der Waals surface area contributed by atoms with Crippen LogP contribution in [-0.4, -0.2) is 121 Å². The molecule has 4 bridgehead atoms. The molecule has 0 aromatic carbocycles. The second-order valence-corrected chi connectivity index (χ2v) is 8.59. The van der Waals surface area contributed by atoms with E-state index in [4.69, 9.17) is 21.7 Å². The highest BCUT2D eigenvalue weighted by atomic mass is 19.3. The van der Waals surface area contributed by atoms with Gasteiger partial charge in [0.05, 0.1) is 39.6 Å². The van der Waals surface area contributed by atoms with Gasteiger partial charge in [-0.2, -0.15) is 52.7 Å². The molecule has 0 aromatic rings. The summed E-state index contributed by atoms with van der Waals surface area (Å²) >= 11 is 0. The van der Waals surface area contributed by atoms with Crippen molar-refractivity contribution in [2.24, 2.45) is 11.5 Å². The van der Waals surface area contributed by atoms with Gasteiger partial charge in [0.25, 0.3) is 22.4 Å². The molecule has 0 saturated heterocycles. The summed E-state index contributed by atoms with van der Waals surface area (Å²) in [4.78, 5) is 0. The molecule has 38 heavy (non-hydrogen) atoms. The molecule has 0 aromatic heterocycles. The Hall–Kier alpha value is -1.16. The van der Waals surface area contributed by atoms with Crippen molar-refractivity contribution in [1.82, 2.24) is 0 Å². The van der Waals surface area contributed by atoms with E-state index in [-0.39, 0.29) is 0 Å². The molecule has 8 nitrogen and oxygen atoms in total. The number of halogens is 12. The number of aliphatic hydroxyl groups excluding tert-OH is 2. The molecule has 4 saturated carbocycles. The maximum absolute atomic E-state index is 16.0. The molecule has 0 heterocycles. The highest BCUT2D eigenvalue weighted by Gasteiger charge is 3.22. The molecule has 0 atom stereocenters. The zero-order valence-corrected chi connectivity index (χ0v) is 18.9. The maximum Gasteiger partial charge on any atom is 0.329 e. The Morgan fingerprint density at radius 3 is 0.737 bits per heavy atom. The smallest absolute Gasteiger partial charge is 0.329 e. The summed E-state index contributed by atoms with van der Waals surface area (Å²) in [6.07, 6.45) is 0. The lowest BCUT2D eigenvalue weighted by atomic mass is 9.38. The fraction of sp³-hybridized carbons (Fsp3) is 1.00. The number of alkyl halides is 12. The Morgan fingerprint density at radius 2 is 0.579 bits per heavy atom. The number of hydrogen-bond acceptors (Lipinski definition) is 8. The van der Waals surface area contributed by atoms with Crippen LogP contribution in [-0.2, 0) is 18.9 Å². The third-order valence-corrected chi connectivity index (χ3v) is 7.00. The summed E-state index contributed by atoms with van der Waals surface area (Å²) in [5.41, 5.74) is -15.4. The van der Waals surface area contributed by atoms with Crippen LogP contribution in [0.5, 0.6) is 0 Å². The van der Waals surface area contributed by atoms with E-state index in [0.29, 0.717) is 0 Å². The lowest BCUT2D eigenvalue weighted by molar-refractivity contribution is -0.649. The topological polar surface area (TPSA) is 129 Å². The highest BCUT2D eigenvalue weighted by molar-refractivity contribution is 5.55. The van der Waals surface area contributed by atoms with Crippen LogP contribution in [0.2, 0.25) is 0 Å². The first-order valence-corrected chi connectivity index (χ1v) is 10.7. The Kier molecular flexibility index (Phi) is 7.16. The molecule has 4 rings (SSSR count). The molecule has 0 amide bonds. The fourth-order valence-corrected chi connectivity index (χ4v) is 5.76. The first kappa shape index (κ1) is 31.4. The summed E-state index contributed by atoms with van der Waals surface area (Å²) < 4.78 is 207. The quantitative estimate of drug-likeness (QED) is 0.246. The van der Waals surface area contributed by atoms with Crippen molar-refractivity contribution >= 4 is 0 Å². The third-order valence-electron chi connectivity index (χ3n) is 7.00. The van der Waals surface area contributed by atoms with Gasteiger partial charge in [-0.05, 0) is 0 Å². The van der Waals surface area contributed by atoms with Crippen molar-refractivity contribution in [3.05, 3.63) is 0 Å². The largest absolute Gasteiger partial charge is 0.394 e. The van der Waals surface area contributed by atoms with Crippen molar-refractivity contribution in [3.8, 4) is 0 Å². The lowest BCUT2D eigenvalue weighted by Crippen LogP contribution is -3.12. The fourth-order valence-electron chi connectivity index (χ4n) is 5.76. The van der Waals surface area contributed by atoms with Gasteiger partial charge in [-0.25, -0.2) is 0 Å². The molecular formula is C18H22F12N2O6. The zero-order chi connectivity index (χ0) is 29.5. The van der Waals surface area contributed by atoms with E-state index in [2.05, 4.69) is 18.9 Å². The minimum absolute atomic E-state index is 1.20. The molecule has 4 fully saturated rings. The predicted octanol–water partition coefficient (Wildman–Crippen LogP) is 0.763. The van der Waals surface area contributed by atoms with E-state index in [1.807, 2.05) is 0 Å². The van der Waals surface area contributed by atoms with Crippen LogP contribution in [0.4, 0.5) is 52.7 Å². The van der Waals surface area contributed by atoms with Gasteiger partial charge >= 0.3 is 35.5 Å². The Bertz CT molecular complexity index is 701. The van der Waals surface area contributed by atoms with Crippen LogP contribution in [0.3, 0.4) is 0 Å². The minimum Gasteiger partial charge on any atom is -0.394 e. The van der Waals surface area contributed by atoms with Gasteiger partial charge in [-0.1, -0.05) is 0 Å². The molecular weight excluding hydrogens is 568 g/mol. The second kappa shape index (κ2) is 8.67. The molecule has 4 aliphatic carbocycles. The van der Waals surface area contributed by atoms with E-state index in [0.717, 1.165) is 0 Å². The lowest BCUT2D eigenvalue weighted by Gasteiger charge is -2.78. The number of hydrogen-bond donors (Lipinski definition) is 4. The van der Waals surface area contributed by atoms with Gasteiger partial charge in [0.2, 0.25) is 0 Å². The van der Waals surface area contributed by atoms with E-state index < -0.39 is 111 Å². The standard InChI is InChI=1S/C18H22F12N2O6/c19-13(20)9(35-5-1-31)14(21,22)11(37-7-3-33)16(25,26)10(13,36-6-2-32)17(27,28)12(15(9,23)24,18(11,29)30)38-8-4-34/h33-34H,1-8,31-32H2. The molecule has 0 radical (unpaired) electrons. The van der Waals surface area contributed by atoms with Crippen molar-refractivity contribution in [3.63, 3.8) is 0 Å². The molecule has 0 spiro atoms. The van der Waals surface area contributed by atoms with Gasteiger partial charge in [0.1, 0.15) is 0 Å². The van der Waals surface area contributed by atoms with E-state index in [1.54, 1.807) is 0 Å². The van der Waals surface area contributed by atoms with Crippen LogP contribution < -0.4 is 11.5 Å². The molecule has 0 aliphatic heterocycles. The van der Waals surface area contributed by atoms with Gasteiger partial charge in [-0.15, -0.1) is 0 Å². The SMILES string of the molecule is NCCOC12C(F)(F)C3(OCCN)C(F)(F)C(OCCO)(C1(F)F)C(F)(F)C(OCCO)(C2(F)F)C3(F)F. The van der Waals surface area contributed by atoms with Gasteiger partial charge < -0.3 is 40.6 Å². The van der Waals surface area contributed by atoms with Crippen LogP contribution in [0.1, 0.15) is 0 Å². The van der Waals surface area contributed by atoms with Gasteiger partial charge in [0.15, 0.2) is 0 Å². The summed E-state index contributed by atoms with van der Waals surface area (Å²) in [6, 6.07) is 0. The van der Waals surface area contributed by atoms with E-state index in [1.165, 1.54) is 0 Å². The van der Waals surface area contributed by atoms with Gasteiger partial charge in [-0.3, -0.25) is 0 Å². The Balaban J connectivity index is 2.73. The first-order chi connectivity index (χ1) is 17.2. The van der Waals surface area contributed by atoms with Crippen molar-refractivity contribution in [1.29, 1.82) is 0 Å². The number of aliphatic hydroxyl groups is 2. The van der Waals surface area contributed by atoms with Crippen molar-refractivity contribution < 1.29 is 81.8 Å². The zero-order valence-electron chi connectivity index (χ0n) is 18.9. The predicted molar refractivity (Wildman–Crippen MR) is 96.7 cm³/mol. The molecule has 4 aliphatic rings. The second-order valence-electron chi connectivity index (χ2n) is 8.59. The summed E-state index contributed by atoms with van der Waals surface area (Å²) in [6.45, 7) is -13.4. The minimum atomic E-state index is -6.98. The molecule has 20 heteroatoms. The van der Waals surface area contributed by atoms with Crippen LogP contribution >= 0.6 is 0 Å². The average Bonchev–Trinajstić information content (AvgIpc) is 2.76. The van der Waals surface area contributed by atoms with Crippen LogP contribution in [0.25, 0.3) is 0 Å². The molecule has 0 unspecified atom stereocenters. The van der Waals surface area contributed by atoms with E-state index in [9.17, 15) is 0 Å². The van der Waals surface area contributed by atoms with Crippen LogP contribution in [0.15, 0.2) is 0 Å². The normalized spacial score (nSPS) is 40.4. The Labute approximate surface area is 205 Å². The summed E-state index contributed by atoms with van der Waals surface area (Å²) in [5.74, 6) is -41.7. The number of nitrogens with two attached hydrogens (primary N) is 2. The molecule has 6 N–H and O–H groups in total. The summed E-state index contributed by atoms with van der Waals surface area (Å²) in [7, 11) is 0. The van der Waals surface area contributed by atoms with Crippen LogP contribution in [0, 0.1) is 0 Å². The number of ether oxygens (including phenoxy) is 4. The van der Waals surface area contributed by atoms with Crippen molar-refractivity contribution in [2.75, 3.05) is 52.7 Å². The summed E-state index contributed by atoms with van der Waals surface area (Å²) in [5, 5.41) is 17.9. The third kappa shape index (κ3) is 2.48. The Morgan fingerprint density at radius 1 is 0.395 bits per heavy atom. The highest BCUT2D eigenvalue weighted by Crippen LogP contribution is 2.88. The monoisotopic (exact) mass is 590 g/mol.